The molecule has 112 valence electrons. The van der Waals surface area contributed by atoms with Gasteiger partial charge < -0.3 is 9.84 Å². The molecule has 0 fully saturated rings. The van der Waals surface area contributed by atoms with Crippen LogP contribution in [0.3, 0.4) is 0 Å². The van der Waals surface area contributed by atoms with E-state index in [0.717, 1.165) is 6.42 Å². The van der Waals surface area contributed by atoms with Gasteiger partial charge in [0.1, 0.15) is 5.82 Å². The predicted octanol–water partition coefficient (Wildman–Crippen LogP) is 2.64. The van der Waals surface area contributed by atoms with E-state index in [1.807, 2.05) is 6.92 Å². The third kappa shape index (κ3) is 4.86. The first kappa shape index (κ1) is 15.5. The third-order valence-corrected chi connectivity index (χ3v) is 3.52. The Morgan fingerprint density at radius 1 is 1.38 bits per heavy atom. The SMILES string of the molecule is CCCNC(=O)CSCc1nc(-c2ccc(F)cc2)no1. The molecule has 21 heavy (non-hydrogen) atoms. The molecule has 1 amide bonds. The van der Waals surface area contributed by atoms with Crippen molar-refractivity contribution in [1.82, 2.24) is 15.5 Å². The van der Waals surface area contributed by atoms with Gasteiger partial charge in [-0.25, -0.2) is 4.39 Å². The van der Waals surface area contributed by atoms with E-state index in [4.69, 9.17) is 4.52 Å². The fourth-order valence-electron chi connectivity index (χ4n) is 1.58. The molecule has 0 aliphatic rings. The van der Waals surface area contributed by atoms with Crippen LogP contribution in [0.15, 0.2) is 28.8 Å². The van der Waals surface area contributed by atoms with Gasteiger partial charge in [0.15, 0.2) is 0 Å². The highest BCUT2D eigenvalue weighted by atomic mass is 32.2. The summed E-state index contributed by atoms with van der Waals surface area (Å²) in [5.74, 6) is 1.38. The summed E-state index contributed by atoms with van der Waals surface area (Å²) < 4.78 is 17.9. The van der Waals surface area contributed by atoms with Crippen LogP contribution in [0.4, 0.5) is 4.39 Å². The summed E-state index contributed by atoms with van der Waals surface area (Å²) in [5, 5.41) is 6.63. The molecule has 0 aliphatic carbocycles. The third-order valence-electron chi connectivity index (χ3n) is 2.60. The van der Waals surface area contributed by atoms with Crippen molar-refractivity contribution in [1.29, 1.82) is 0 Å². The summed E-state index contributed by atoms with van der Waals surface area (Å²) in [5.41, 5.74) is 0.692. The van der Waals surface area contributed by atoms with Gasteiger partial charge in [0.05, 0.1) is 11.5 Å². The van der Waals surface area contributed by atoms with Crippen LogP contribution < -0.4 is 5.32 Å². The van der Waals surface area contributed by atoms with Crippen LogP contribution in [0, 0.1) is 5.82 Å². The summed E-state index contributed by atoms with van der Waals surface area (Å²) in [6, 6.07) is 5.88. The molecule has 1 N–H and O–H groups in total. The molecule has 1 aromatic carbocycles. The smallest absolute Gasteiger partial charge is 0.236 e. The van der Waals surface area contributed by atoms with Crippen LogP contribution in [0.5, 0.6) is 0 Å². The zero-order valence-electron chi connectivity index (χ0n) is 11.6. The molecule has 2 rings (SSSR count). The van der Waals surface area contributed by atoms with Crippen molar-refractivity contribution in [2.45, 2.75) is 19.1 Å². The van der Waals surface area contributed by atoms with E-state index in [1.54, 1.807) is 12.1 Å². The van der Waals surface area contributed by atoms with Gasteiger partial charge in [0.2, 0.25) is 17.6 Å². The Labute approximate surface area is 126 Å². The maximum atomic E-state index is 12.8. The molecule has 5 nitrogen and oxygen atoms in total. The fourth-order valence-corrected chi connectivity index (χ4v) is 2.26. The zero-order valence-corrected chi connectivity index (χ0v) is 12.5. The Morgan fingerprint density at radius 2 is 2.14 bits per heavy atom. The molecule has 0 unspecified atom stereocenters. The second-order valence-electron chi connectivity index (χ2n) is 4.36. The Kier molecular flexibility index (Phi) is 5.74. The quantitative estimate of drug-likeness (QED) is 0.851. The second-order valence-corrected chi connectivity index (χ2v) is 5.35. The lowest BCUT2D eigenvalue weighted by atomic mass is 10.2. The van der Waals surface area contributed by atoms with Gasteiger partial charge in [-0.05, 0) is 30.7 Å². The monoisotopic (exact) mass is 309 g/mol. The van der Waals surface area contributed by atoms with Gasteiger partial charge in [-0.1, -0.05) is 12.1 Å². The van der Waals surface area contributed by atoms with Gasteiger partial charge in [0.25, 0.3) is 0 Å². The zero-order chi connectivity index (χ0) is 15.1. The lowest BCUT2D eigenvalue weighted by molar-refractivity contribution is -0.118. The van der Waals surface area contributed by atoms with E-state index in [9.17, 15) is 9.18 Å². The van der Waals surface area contributed by atoms with Gasteiger partial charge in [-0.3, -0.25) is 4.79 Å². The number of carbonyl (C=O) groups excluding carboxylic acids is 1. The normalized spacial score (nSPS) is 10.6. The summed E-state index contributed by atoms with van der Waals surface area (Å²) in [7, 11) is 0. The second kappa shape index (κ2) is 7.78. The predicted molar refractivity (Wildman–Crippen MR) is 79.2 cm³/mol. The highest BCUT2D eigenvalue weighted by molar-refractivity contribution is 7.99. The highest BCUT2D eigenvalue weighted by Crippen LogP contribution is 2.18. The summed E-state index contributed by atoms with van der Waals surface area (Å²) in [6.07, 6.45) is 0.918. The first-order valence-corrected chi connectivity index (χ1v) is 7.77. The number of nitrogens with zero attached hydrogens (tertiary/aromatic N) is 2. The minimum absolute atomic E-state index is 0.000114. The van der Waals surface area contributed by atoms with E-state index in [1.165, 1.54) is 23.9 Å². The molecule has 2 aromatic rings. The molecule has 0 aliphatic heterocycles. The maximum absolute atomic E-state index is 12.8. The highest BCUT2D eigenvalue weighted by Gasteiger charge is 2.09. The van der Waals surface area contributed by atoms with Crippen LogP contribution in [0.1, 0.15) is 19.2 Å². The molecular formula is C14H16FN3O2S. The van der Waals surface area contributed by atoms with Crippen LogP contribution in [-0.2, 0) is 10.5 Å². The van der Waals surface area contributed by atoms with Crippen molar-refractivity contribution in [3.63, 3.8) is 0 Å². The molecule has 0 spiro atoms. The average Bonchev–Trinajstić information content (AvgIpc) is 2.95. The first-order valence-electron chi connectivity index (χ1n) is 6.62. The van der Waals surface area contributed by atoms with E-state index >= 15 is 0 Å². The Hall–Kier alpha value is -1.89. The number of aromatic nitrogens is 2. The van der Waals surface area contributed by atoms with Crippen LogP contribution in [-0.4, -0.2) is 28.3 Å². The van der Waals surface area contributed by atoms with E-state index in [0.29, 0.717) is 35.3 Å². The topological polar surface area (TPSA) is 68.0 Å². The van der Waals surface area contributed by atoms with Gasteiger partial charge in [0, 0.05) is 12.1 Å². The number of amides is 1. The van der Waals surface area contributed by atoms with Gasteiger partial charge in [-0.2, -0.15) is 4.98 Å². The van der Waals surface area contributed by atoms with E-state index in [2.05, 4.69) is 15.5 Å². The molecule has 0 atom stereocenters. The first-order chi connectivity index (χ1) is 10.2. The number of hydrogen-bond acceptors (Lipinski definition) is 5. The lowest BCUT2D eigenvalue weighted by Gasteiger charge is -2.01. The van der Waals surface area contributed by atoms with Gasteiger partial charge in [-0.15, -0.1) is 11.8 Å². The number of rotatable bonds is 7. The summed E-state index contributed by atoms with van der Waals surface area (Å²) in [6.45, 7) is 2.69. The Balaban J connectivity index is 1.83. The van der Waals surface area contributed by atoms with Gasteiger partial charge >= 0.3 is 0 Å². The number of thioether (sulfide) groups is 1. The van der Waals surface area contributed by atoms with Crippen molar-refractivity contribution < 1.29 is 13.7 Å². The van der Waals surface area contributed by atoms with Crippen LogP contribution >= 0.6 is 11.8 Å². The Morgan fingerprint density at radius 3 is 2.86 bits per heavy atom. The molecule has 0 radical (unpaired) electrons. The van der Waals surface area contributed by atoms with Crippen LogP contribution in [0.25, 0.3) is 11.4 Å². The minimum Gasteiger partial charge on any atom is -0.355 e. The van der Waals surface area contributed by atoms with E-state index in [-0.39, 0.29) is 11.7 Å². The van der Waals surface area contributed by atoms with Crippen LogP contribution in [0.2, 0.25) is 0 Å². The van der Waals surface area contributed by atoms with Crippen molar-refractivity contribution >= 4 is 17.7 Å². The summed E-state index contributed by atoms with van der Waals surface area (Å²) in [4.78, 5) is 15.6. The van der Waals surface area contributed by atoms with E-state index < -0.39 is 0 Å². The fraction of sp³-hybridized carbons (Fsp3) is 0.357. The number of carbonyl (C=O) groups is 1. The van der Waals surface area contributed by atoms with Crippen molar-refractivity contribution in [2.24, 2.45) is 0 Å². The molecule has 1 aromatic heterocycles. The molecule has 0 bridgehead atoms. The Bertz CT molecular complexity index is 586. The standard InChI is InChI=1S/C14H16FN3O2S/c1-2-7-16-12(19)8-21-9-13-17-14(18-20-13)10-3-5-11(15)6-4-10/h3-6H,2,7-9H2,1H3,(H,16,19). The number of hydrogen-bond donors (Lipinski definition) is 1. The number of halogens is 1. The number of benzene rings is 1. The molecule has 0 saturated heterocycles. The average molecular weight is 309 g/mol. The number of nitrogens with one attached hydrogen (secondary N) is 1. The minimum atomic E-state index is -0.309. The van der Waals surface area contributed by atoms with Crippen molar-refractivity contribution in [3.8, 4) is 11.4 Å². The molecule has 7 heteroatoms. The lowest BCUT2D eigenvalue weighted by Crippen LogP contribution is -2.25. The summed E-state index contributed by atoms with van der Waals surface area (Å²) >= 11 is 1.41. The maximum Gasteiger partial charge on any atom is 0.236 e. The molecule has 0 saturated carbocycles. The van der Waals surface area contributed by atoms with Crippen molar-refractivity contribution in [2.75, 3.05) is 12.3 Å². The van der Waals surface area contributed by atoms with Crippen molar-refractivity contribution in [3.05, 3.63) is 36.0 Å². The molecular weight excluding hydrogens is 293 g/mol. The largest absolute Gasteiger partial charge is 0.355 e. The molecule has 1 heterocycles.